The standard InChI is InChI=1S/C12H23N3O2/c1-8(2)11(14-9(3)16)12(17)15-6-4-5-10(15)7-13/h8,10-11H,4-7,13H2,1-3H3,(H,14,16). The number of nitrogens with one attached hydrogen (secondary N) is 1. The average molecular weight is 241 g/mol. The molecule has 98 valence electrons. The van der Waals surface area contributed by atoms with Crippen molar-refractivity contribution in [3.8, 4) is 0 Å². The highest BCUT2D eigenvalue weighted by atomic mass is 16.2. The minimum Gasteiger partial charge on any atom is -0.344 e. The lowest BCUT2D eigenvalue weighted by molar-refractivity contribution is -0.137. The van der Waals surface area contributed by atoms with Crippen LogP contribution in [0.3, 0.4) is 0 Å². The fourth-order valence-electron chi connectivity index (χ4n) is 2.28. The van der Waals surface area contributed by atoms with Crippen molar-refractivity contribution in [2.75, 3.05) is 13.1 Å². The van der Waals surface area contributed by atoms with Gasteiger partial charge in [-0.05, 0) is 18.8 Å². The van der Waals surface area contributed by atoms with Gasteiger partial charge in [0.25, 0.3) is 0 Å². The van der Waals surface area contributed by atoms with Gasteiger partial charge < -0.3 is 16.0 Å². The Labute approximate surface area is 103 Å². The summed E-state index contributed by atoms with van der Waals surface area (Å²) in [7, 11) is 0. The first-order chi connectivity index (χ1) is 7.97. The van der Waals surface area contributed by atoms with E-state index < -0.39 is 6.04 Å². The molecule has 0 saturated carbocycles. The highest BCUT2D eigenvalue weighted by molar-refractivity contribution is 5.87. The van der Waals surface area contributed by atoms with Crippen molar-refractivity contribution in [2.45, 2.75) is 45.7 Å². The van der Waals surface area contributed by atoms with Gasteiger partial charge in [0.05, 0.1) is 0 Å². The predicted molar refractivity (Wildman–Crippen MR) is 66.2 cm³/mol. The minimum atomic E-state index is -0.431. The van der Waals surface area contributed by atoms with E-state index >= 15 is 0 Å². The first-order valence-electron chi connectivity index (χ1n) is 6.25. The number of amides is 2. The maximum atomic E-state index is 12.3. The summed E-state index contributed by atoms with van der Waals surface area (Å²) in [5.74, 6) is -0.0749. The summed E-state index contributed by atoms with van der Waals surface area (Å²) in [4.78, 5) is 25.3. The van der Waals surface area contributed by atoms with Gasteiger partial charge in [-0.2, -0.15) is 0 Å². The topological polar surface area (TPSA) is 75.4 Å². The number of carbonyl (C=O) groups is 2. The lowest BCUT2D eigenvalue weighted by Crippen LogP contribution is -2.53. The molecule has 2 amide bonds. The number of nitrogens with zero attached hydrogens (tertiary/aromatic N) is 1. The zero-order valence-electron chi connectivity index (χ0n) is 10.9. The quantitative estimate of drug-likeness (QED) is 0.733. The monoisotopic (exact) mass is 241 g/mol. The average Bonchev–Trinajstić information content (AvgIpc) is 2.72. The fourth-order valence-corrected chi connectivity index (χ4v) is 2.28. The van der Waals surface area contributed by atoms with Crippen LogP contribution in [0.4, 0.5) is 0 Å². The van der Waals surface area contributed by atoms with Gasteiger partial charge in [0.1, 0.15) is 6.04 Å². The molecule has 1 rings (SSSR count). The Hall–Kier alpha value is -1.10. The molecule has 0 aromatic heterocycles. The smallest absolute Gasteiger partial charge is 0.245 e. The predicted octanol–water partition coefficient (Wildman–Crippen LogP) is 0.0968. The Morgan fingerprint density at radius 2 is 2.12 bits per heavy atom. The van der Waals surface area contributed by atoms with E-state index in [1.807, 2.05) is 18.7 Å². The maximum Gasteiger partial charge on any atom is 0.245 e. The number of hydrogen-bond acceptors (Lipinski definition) is 3. The van der Waals surface area contributed by atoms with Gasteiger partial charge in [-0.25, -0.2) is 0 Å². The molecular weight excluding hydrogens is 218 g/mol. The SMILES string of the molecule is CC(=O)NC(C(=O)N1CCCC1CN)C(C)C. The summed E-state index contributed by atoms with van der Waals surface area (Å²) >= 11 is 0. The van der Waals surface area contributed by atoms with Crippen LogP contribution < -0.4 is 11.1 Å². The Morgan fingerprint density at radius 1 is 1.47 bits per heavy atom. The molecule has 5 heteroatoms. The highest BCUT2D eigenvalue weighted by Gasteiger charge is 2.33. The normalized spacial score (nSPS) is 21.7. The lowest BCUT2D eigenvalue weighted by atomic mass is 10.0. The van der Waals surface area contributed by atoms with Crippen LogP contribution in [-0.2, 0) is 9.59 Å². The van der Waals surface area contributed by atoms with E-state index in [4.69, 9.17) is 5.73 Å². The fraction of sp³-hybridized carbons (Fsp3) is 0.833. The van der Waals surface area contributed by atoms with Crippen molar-refractivity contribution < 1.29 is 9.59 Å². The van der Waals surface area contributed by atoms with Crippen molar-refractivity contribution in [3.05, 3.63) is 0 Å². The second-order valence-electron chi connectivity index (χ2n) is 4.99. The van der Waals surface area contributed by atoms with Gasteiger partial charge >= 0.3 is 0 Å². The van der Waals surface area contributed by atoms with Crippen molar-refractivity contribution in [3.63, 3.8) is 0 Å². The summed E-state index contributed by atoms with van der Waals surface area (Å²) in [5, 5.41) is 2.73. The Morgan fingerprint density at radius 3 is 2.59 bits per heavy atom. The third kappa shape index (κ3) is 3.43. The lowest BCUT2D eigenvalue weighted by Gasteiger charge is -2.30. The molecule has 1 heterocycles. The highest BCUT2D eigenvalue weighted by Crippen LogP contribution is 2.19. The van der Waals surface area contributed by atoms with Gasteiger partial charge in [0.2, 0.25) is 11.8 Å². The third-order valence-electron chi connectivity index (χ3n) is 3.22. The summed E-state index contributed by atoms with van der Waals surface area (Å²) in [6.45, 7) is 6.56. The zero-order valence-corrected chi connectivity index (χ0v) is 10.9. The largest absolute Gasteiger partial charge is 0.344 e. The molecule has 1 aliphatic heterocycles. The molecule has 0 spiro atoms. The third-order valence-corrected chi connectivity index (χ3v) is 3.22. The maximum absolute atomic E-state index is 12.3. The van der Waals surface area contributed by atoms with Gasteiger partial charge in [-0.3, -0.25) is 9.59 Å². The number of hydrogen-bond donors (Lipinski definition) is 2. The van der Waals surface area contributed by atoms with Gasteiger partial charge in [0, 0.05) is 26.1 Å². The molecule has 1 fully saturated rings. The molecule has 0 radical (unpaired) electrons. The molecule has 0 bridgehead atoms. The van der Waals surface area contributed by atoms with Crippen LogP contribution in [0, 0.1) is 5.92 Å². The van der Waals surface area contributed by atoms with Crippen LogP contribution in [0.2, 0.25) is 0 Å². The van der Waals surface area contributed by atoms with E-state index in [0.717, 1.165) is 19.4 Å². The van der Waals surface area contributed by atoms with E-state index in [0.29, 0.717) is 6.54 Å². The molecule has 0 aliphatic carbocycles. The van der Waals surface area contributed by atoms with Crippen LogP contribution in [0.15, 0.2) is 0 Å². The van der Waals surface area contributed by atoms with Gasteiger partial charge in [-0.15, -0.1) is 0 Å². The summed E-state index contributed by atoms with van der Waals surface area (Å²) in [6.07, 6.45) is 1.96. The molecule has 5 nitrogen and oxygen atoms in total. The molecule has 2 atom stereocenters. The van der Waals surface area contributed by atoms with Crippen molar-refractivity contribution in [2.24, 2.45) is 11.7 Å². The molecular formula is C12H23N3O2. The van der Waals surface area contributed by atoms with E-state index in [1.165, 1.54) is 6.92 Å². The second-order valence-corrected chi connectivity index (χ2v) is 4.99. The molecule has 2 unspecified atom stereocenters. The van der Waals surface area contributed by atoms with Crippen LogP contribution in [0.5, 0.6) is 0 Å². The summed E-state index contributed by atoms with van der Waals surface area (Å²) in [5.41, 5.74) is 5.66. The summed E-state index contributed by atoms with van der Waals surface area (Å²) in [6, 6.07) is -0.294. The van der Waals surface area contributed by atoms with Crippen LogP contribution in [-0.4, -0.2) is 41.9 Å². The van der Waals surface area contributed by atoms with E-state index in [-0.39, 0.29) is 23.8 Å². The van der Waals surface area contributed by atoms with Crippen LogP contribution in [0.1, 0.15) is 33.6 Å². The molecule has 3 N–H and O–H groups in total. The van der Waals surface area contributed by atoms with E-state index in [9.17, 15) is 9.59 Å². The van der Waals surface area contributed by atoms with Crippen LogP contribution >= 0.6 is 0 Å². The Kier molecular flexibility index (Phi) is 4.93. The first kappa shape index (κ1) is 14.0. The Bertz CT molecular complexity index is 291. The number of rotatable bonds is 4. The Balaban J connectivity index is 2.73. The van der Waals surface area contributed by atoms with Crippen molar-refractivity contribution in [1.82, 2.24) is 10.2 Å². The second kappa shape index (κ2) is 6.00. The van der Waals surface area contributed by atoms with Gasteiger partial charge in [0.15, 0.2) is 0 Å². The molecule has 0 aromatic rings. The van der Waals surface area contributed by atoms with Crippen molar-refractivity contribution >= 4 is 11.8 Å². The molecule has 1 saturated heterocycles. The van der Waals surface area contributed by atoms with Crippen LogP contribution in [0.25, 0.3) is 0 Å². The number of likely N-dealkylation sites (tertiary alicyclic amines) is 1. The minimum absolute atomic E-state index is 0.00292. The first-order valence-corrected chi connectivity index (χ1v) is 6.25. The molecule has 0 aromatic carbocycles. The van der Waals surface area contributed by atoms with E-state index in [2.05, 4.69) is 5.32 Å². The van der Waals surface area contributed by atoms with Gasteiger partial charge in [-0.1, -0.05) is 13.8 Å². The summed E-state index contributed by atoms with van der Waals surface area (Å²) < 4.78 is 0. The molecule has 1 aliphatic rings. The van der Waals surface area contributed by atoms with E-state index in [1.54, 1.807) is 0 Å². The number of carbonyl (C=O) groups excluding carboxylic acids is 2. The molecule has 17 heavy (non-hydrogen) atoms. The zero-order chi connectivity index (χ0) is 13.0. The van der Waals surface area contributed by atoms with Crippen molar-refractivity contribution in [1.29, 1.82) is 0 Å². The number of nitrogens with two attached hydrogens (primary N) is 1.